The minimum Gasteiger partial charge on any atom is -0.300 e. The first-order valence-electron chi connectivity index (χ1n) is 6.88. The fourth-order valence-corrected chi connectivity index (χ4v) is 2.92. The molecule has 0 spiro atoms. The highest BCUT2D eigenvalue weighted by Crippen LogP contribution is 2.26. The van der Waals surface area contributed by atoms with Gasteiger partial charge in [0, 0.05) is 12.1 Å². The summed E-state index contributed by atoms with van der Waals surface area (Å²) in [7, 11) is 0. The van der Waals surface area contributed by atoms with E-state index in [-0.39, 0.29) is 0 Å². The Hall–Kier alpha value is -1.42. The van der Waals surface area contributed by atoms with Gasteiger partial charge in [0.05, 0.1) is 0 Å². The normalized spacial score (nSPS) is 16.6. The average Bonchev–Trinajstić information content (AvgIpc) is 2.82. The molecule has 1 aliphatic carbocycles. The Kier molecular flexibility index (Phi) is 3.78. The highest BCUT2D eigenvalue weighted by molar-refractivity contribution is 7.71. The van der Waals surface area contributed by atoms with Crippen LogP contribution in [0, 0.1) is 17.1 Å². The van der Waals surface area contributed by atoms with Crippen LogP contribution in [0.2, 0.25) is 0 Å². The van der Waals surface area contributed by atoms with E-state index in [0.29, 0.717) is 5.92 Å². The molecule has 1 saturated carbocycles. The van der Waals surface area contributed by atoms with E-state index >= 15 is 0 Å². The molecule has 1 aromatic heterocycles. The van der Waals surface area contributed by atoms with Gasteiger partial charge in [-0.2, -0.15) is 5.10 Å². The summed E-state index contributed by atoms with van der Waals surface area (Å²) in [4.78, 5) is 0. The molecule has 3 rings (SSSR count). The minimum atomic E-state index is 0.625. The molecule has 1 fully saturated rings. The molecule has 99 valence electrons. The van der Waals surface area contributed by atoms with E-state index in [1.165, 1.54) is 25.7 Å². The first-order chi connectivity index (χ1) is 9.34. The van der Waals surface area contributed by atoms with Crippen LogP contribution in [-0.2, 0) is 6.54 Å². The number of nitrogens with zero attached hydrogens (tertiary/aromatic N) is 2. The number of hydrogen-bond donors (Lipinski definition) is 1. The average molecular weight is 272 g/mol. The van der Waals surface area contributed by atoms with E-state index in [0.717, 1.165) is 22.7 Å². The van der Waals surface area contributed by atoms with Crippen molar-refractivity contribution in [2.24, 2.45) is 5.92 Å². The number of aromatic amines is 1. The molecule has 1 unspecified atom stereocenters. The van der Waals surface area contributed by atoms with Gasteiger partial charge in [-0.1, -0.05) is 43.2 Å². The lowest BCUT2D eigenvalue weighted by molar-refractivity contribution is 0.395. The van der Waals surface area contributed by atoms with Crippen molar-refractivity contribution in [2.45, 2.75) is 32.2 Å². The van der Waals surface area contributed by atoms with Crippen LogP contribution in [-0.4, -0.2) is 14.8 Å². The van der Waals surface area contributed by atoms with Crippen molar-refractivity contribution in [1.29, 1.82) is 0 Å². The lowest BCUT2D eigenvalue weighted by Crippen LogP contribution is -2.15. The summed E-state index contributed by atoms with van der Waals surface area (Å²) in [5.74, 6) is 1.57. The Morgan fingerprint density at radius 1 is 1.26 bits per heavy atom. The Labute approximate surface area is 118 Å². The first-order valence-corrected chi connectivity index (χ1v) is 7.29. The zero-order valence-corrected chi connectivity index (χ0v) is 11.7. The zero-order valence-electron chi connectivity index (χ0n) is 10.9. The molecule has 0 amide bonds. The Morgan fingerprint density at radius 2 is 2.11 bits per heavy atom. The Bertz CT molecular complexity index is 579. The Morgan fingerprint density at radius 3 is 2.84 bits per heavy atom. The molecule has 1 N–H and O–H groups in total. The van der Waals surface area contributed by atoms with E-state index in [1.54, 1.807) is 0 Å². The summed E-state index contributed by atoms with van der Waals surface area (Å²) in [5.41, 5.74) is 1.12. The van der Waals surface area contributed by atoms with Gasteiger partial charge >= 0.3 is 0 Å². The van der Waals surface area contributed by atoms with Crippen LogP contribution in [0.15, 0.2) is 30.3 Å². The maximum absolute atomic E-state index is 5.37. The topological polar surface area (TPSA) is 33.6 Å². The molecule has 3 nitrogen and oxygen atoms in total. The third-order valence-corrected chi connectivity index (χ3v) is 4.05. The molecule has 0 aliphatic heterocycles. The smallest absolute Gasteiger partial charge is 0.195 e. The first kappa shape index (κ1) is 12.6. The van der Waals surface area contributed by atoms with E-state index in [2.05, 4.69) is 33.3 Å². The van der Waals surface area contributed by atoms with Gasteiger partial charge in [0.25, 0.3) is 0 Å². The standard InChI is InChI=1S/C15H18N3S/c19-15-17-16-14(13-9-5-2-6-10-13)18(15)11-12-7-3-1-4-8-12/h2,5-7,9-10,12H,1,3-4,8,11H2,(H,17,19). The lowest BCUT2D eigenvalue weighted by atomic mass is 9.89. The van der Waals surface area contributed by atoms with Crippen molar-refractivity contribution < 1.29 is 0 Å². The molecule has 1 atom stereocenters. The van der Waals surface area contributed by atoms with Crippen molar-refractivity contribution >= 4 is 12.2 Å². The second-order valence-electron chi connectivity index (χ2n) is 5.11. The van der Waals surface area contributed by atoms with Crippen molar-refractivity contribution in [3.05, 3.63) is 41.5 Å². The summed E-state index contributed by atoms with van der Waals surface area (Å²) in [5, 5.41) is 7.31. The molecule has 1 aromatic carbocycles. The van der Waals surface area contributed by atoms with Gasteiger partial charge in [-0.15, -0.1) is 0 Å². The summed E-state index contributed by atoms with van der Waals surface area (Å²) >= 11 is 5.37. The lowest BCUT2D eigenvalue weighted by Gasteiger charge is -2.22. The van der Waals surface area contributed by atoms with Crippen LogP contribution in [0.1, 0.15) is 25.7 Å². The van der Waals surface area contributed by atoms with Crippen LogP contribution in [0.25, 0.3) is 11.4 Å². The summed E-state index contributed by atoms with van der Waals surface area (Å²) < 4.78 is 2.86. The molecular weight excluding hydrogens is 254 g/mol. The van der Waals surface area contributed by atoms with Gasteiger partial charge in [0.2, 0.25) is 0 Å². The van der Waals surface area contributed by atoms with Crippen molar-refractivity contribution in [3.8, 4) is 11.4 Å². The van der Waals surface area contributed by atoms with E-state index in [1.807, 2.05) is 18.2 Å². The third kappa shape index (κ3) is 2.78. The number of rotatable bonds is 3. The van der Waals surface area contributed by atoms with Gasteiger partial charge in [0.1, 0.15) is 0 Å². The van der Waals surface area contributed by atoms with Crippen LogP contribution < -0.4 is 0 Å². The van der Waals surface area contributed by atoms with Crippen LogP contribution >= 0.6 is 12.2 Å². The number of benzene rings is 1. The molecule has 1 aliphatic rings. The molecule has 1 heterocycles. The van der Waals surface area contributed by atoms with Gasteiger partial charge in [-0.25, -0.2) is 0 Å². The van der Waals surface area contributed by atoms with Gasteiger partial charge < -0.3 is 0 Å². The second kappa shape index (κ2) is 5.70. The van der Waals surface area contributed by atoms with Crippen LogP contribution in [0.3, 0.4) is 0 Å². The number of aromatic nitrogens is 3. The SMILES string of the molecule is S=c1[nH]nc(-c2ccccc2)n1CC1[CH]CCCC1. The summed E-state index contributed by atoms with van der Waals surface area (Å²) in [6, 6.07) is 10.2. The number of nitrogens with one attached hydrogen (secondary N) is 1. The largest absolute Gasteiger partial charge is 0.300 e. The second-order valence-corrected chi connectivity index (χ2v) is 5.50. The fourth-order valence-electron chi connectivity index (χ4n) is 2.72. The van der Waals surface area contributed by atoms with E-state index in [4.69, 9.17) is 12.2 Å². The summed E-state index contributed by atoms with van der Waals surface area (Å²) in [6.07, 6.45) is 7.59. The van der Waals surface area contributed by atoms with Gasteiger partial charge in [0.15, 0.2) is 10.6 Å². The number of hydrogen-bond acceptors (Lipinski definition) is 2. The Balaban J connectivity index is 1.88. The predicted octanol–water partition coefficient (Wildman–Crippen LogP) is 4.00. The van der Waals surface area contributed by atoms with E-state index < -0.39 is 0 Å². The van der Waals surface area contributed by atoms with Crippen molar-refractivity contribution in [3.63, 3.8) is 0 Å². The maximum atomic E-state index is 5.37. The van der Waals surface area contributed by atoms with Crippen molar-refractivity contribution in [2.75, 3.05) is 0 Å². The minimum absolute atomic E-state index is 0.625. The van der Waals surface area contributed by atoms with Crippen molar-refractivity contribution in [1.82, 2.24) is 14.8 Å². The van der Waals surface area contributed by atoms with E-state index in [9.17, 15) is 0 Å². The van der Waals surface area contributed by atoms with Crippen LogP contribution in [0.4, 0.5) is 0 Å². The zero-order chi connectivity index (χ0) is 13.1. The summed E-state index contributed by atoms with van der Waals surface area (Å²) in [6.45, 7) is 0.944. The molecule has 19 heavy (non-hydrogen) atoms. The highest BCUT2D eigenvalue weighted by Gasteiger charge is 2.17. The molecule has 0 bridgehead atoms. The van der Waals surface area contributed by atoms with Crippen LogP contribution in [0.5, 0.6) is 0 Å². The molecule has 2 aromatic rings. The van der Waals surface area contributed by atoms with Gasteiger partial charge in [-0.05, 0) is 37.4 Å². The molecule has 4 heteroatoms. The highest BCUT2D eigenvalue weighted by atomic mass is 32.1. The predicted molar refractivity (Wildman–Crippen MR) is 79.1 cm³/mol. The fraction of sp³-hybridized carbons (Fsp3) is 0.400. The molecule has 0 saturated heterocycles. The third-order valence-electron chi connectivity index (χ3n) is 3.74. The number of H-pyrrole nitrogens is 1. The molecule has 1 radical (unpaired) electrons. The maximum Gasteiger partial charge on any atom is 0.195 e. The monoisotopic (exact) mass is 272 g/mol. The molecular formula is C15H18N3S. The van der Waals surface area contributed by atoms with Gasteiger partial charge in [-0.3, -0.25) is 9.67 Å². The quantitative estimate of drug-likeness (QED) is 0.857.